The number of rotatable bonds is 5. The van der Waals surface area contributed by atoms with E-state index in [1.807, 2.05) is 41.4 Å². The molecule has 1 N–H and O–H groups in total. The Hall–Kier alpha value is -2.63. The summed E-state index contributed by atoms with van der Waals surface area (Å²) in [4.78, 5) is 27.0. The van der Waals surface area contributed by atoms with Gasteiger partial charge in [-0.3, -0.25) is 14.3 Å². The lowest BCUT2D eigenvalue weighted by Gasteiger charge is -2.31. The van der Waals surface area contributed by atoms with Gasteiger partial charge in [-0.05, 0) is 42.0 Å². The number of benzene rings is 1. The summed E-state index contributed by atoms with van der Waals surface area (Å²) in [7, 11) is 0. The van der Waals surface area contributed by atoms with E-state index in [1.165, 1.54) is 5.56 Å². The van der Waals surface area contributed by atoms with Crippen molar-refractivity contribution >= 4 is 11.8 Å². The average molecular weight is 383 g/mol. The molecule has 1 aliphatic heterocycles. The number of likely N-dealkylation sites (tertiary alicyclic amines) is 1. The molecule has 0 aliphatic carbocycles. The zero-order valence-electron chi connectivity index (χ0n) is 17.0. The molecule has 0 atom stereocenters. The summed E-state index contributed by atoms with van der Waals surface area (Å²) in [5.74, 6) is 0.108. The number of carbonyl (C=O) groups excluding carboxylic acids is 2. The van der Waals surface area contributed by atoms with Gasteiger partial charge in [0.1, 0.15) is 0 Å². The molecule has 2 heterocycles. The van der Waals surface area contributed by atoms with Crippen molar-refractivity contribution in [2.45, 2.75) is 45.6 Å². The summed E-state index contributed by atoms with van der Waals surface area (Å²) in [6.45, 7) is 8.97. The molecule has 0 saturated carbocycles. The standard InChI is InChI=1S/C22H30N4O2/c1-22(2,3)19-7-5-18(6-8-19)21(28)25-14-9-17(10-15-25)20(27)23-12-16-26-13-4-11-24-26/h4-8,11,13,17H,9-10,12,14-16H2,1-3H3,(H,23,27). The third-order valence-corrected chi connectivity index (χ3v) is 5.35. The van der Waals surface area contributed by atoms with E-state index >= 15 is 0 Å². The fraction of sp³-hybridized carbons (Fsp3) is 0.500. The van der Waals surface area contributed by atoms with E-state index in [0.717, 1.165) is 5.56 Å². The first-order chi connectivity index (χ1) is 13.3. The third kappa shape index (κ3) is 5.00. The number of aromatic nitrogens is 2. The molecule has 0 bridgehead atoms. The summed E-state index contributed by atoms with van der Waals surface area (Å²) in [5.41, 5.74) is 2.01. The van der Waals surface area contributed by atoms with Gasteiger partial charge in [-0.2, -0.15) is 5.10 Å². The monoisotopic (exact) mass is 382 g/mol. The Morgan fingerprint density at radius 1 is 1.14 bits per heavy atom. The van der Waals surface area contributed by atoms with Crippen LogP contribution in [0.5, 0.6) is 0 Å². The Labute approximate surface area is 166 Å². The van der Waals surface area contributed by atoms with E-state index in [0.29, 0.717) is 39.0 Å². The molecule has 28 heavy (non-hydrogen) atoms. The van der Waals surface area contributed by atoms with Gasteiger partial charge < -0.3 is 10.2 Å². The van der Waals surface area contributed by atoms with Crippen LogP contribution in [-0.2, 0) is 16.8 Å². The van der Waals surface area contributed by atoms with E-state index in [1.54, 1.807) is 10.9 Å². The number of nitrogens with zero attached hydrogens (tertiary/aromatic N) is 3. The second-order valence-electron chi connectivity index (χ2n) is 8.45. The fourth-order valence-electron chi connectivity index (χ4n) is 3.51. The average Bonchev–Trinajstić information content (AvgIpc) is 3.20. The highest BCUT2D eigenvalue weighted by atomic mass is 16.2. The normalized spacial score (nSPS) is 15.5. The van der Waals surface area contributed by atoms with E-state index in [-0.39, 0.29) is 23.1 Å². The van der Waals surface area contributed by atoms with Gasteiger partial charge >= 0.3 is 0 Å². The topological polar surface area (TPSA) is 67.2 Å². The molecule has 6 heteroatoms. The zero-order valence-corrected chi connectivity index (χ0v) is 17.0. The van der Waals surface area contributed by atoms with Crippen molar-refractivity contribution in [2.75, 3.05) is 19.6 Å². The first-order valence-corrected chi connectivity index (χ1v) is 9.99. The highest BCUT2D eigenvalue weighted by Crippen LogP contribution is 2.24. The fourth-order valence-corrected chi connectivity index (χ4v) is 3.51. The van der Waals surface area contributed by atoms with Crippen LogP contribution in [0.25, 0.3) is 0 Å². The van der Waals surface area contributed by atoms with E-state index in [2.05, 4.69) is 31.2 Å². The van der Waals surface area contributed by atoms with Gasteiger partial charge in [0.2, 0.25) is 5.91 Å². The largest absolute Gasteiger partial charge is 0.354 e. The van der Waals surface area contributed by atoms with Gasteiger partial charge in [0.15, 0.2) is 0 Å². The number of hydrogen-bond donors (Lipinski definition) is 1. The van der Waals surface area contributed by atoms with Crippen LogP contribution >= 0.6 is 0 Å². The molecule has 0 spiro atoms. The van der Waals surface area contributed by atoms with Crippen LogP contribution in [0.2, 0.25) is 0 Å². The van der Waals surface area contributed by atoms with Gasteiger partial charge in [-0.1, -0.05) is 32.9 Å². The maximum Gasteiger partial charge on any atom is 0.253 e. The van der Waals surface area contributed by atoms with Gasteiger partial charge in [0.05, 0.1) is 6.54 Å². The highest BCUT2D eigenvalue weighted by molar-refractivity contribution is 5.94. The van der Waals surface area contributed by atoms with Crippen molar-refractivity contribution < 1.29 is 9.59 Å². The molecule has 150 valence electrons. The summed E-state index contributed by atoms with van der Waals surface area (Å²) in [6, 6.07) is 9.76. The van der Waals surface area contributed by atoms with Crippen LogP contribution in [0.15, 0.2) is 42.7 Å². The molecule has 0 unspecified atom stereocenters. The summed E-state index contributed by atoms with van der Waals surface area (Å²) >= 11 is 0. The van der Waals surface area contributed by atoms with Crippen molar-refractivity contribution in [1.29, 1.82) is 0 Å². The molecule has 1 aliphatic rings. The third-order valence-electron chi connectivity index (χ3n) is 5.35. The number of nitrogens with one attached hydrogen (secondary N) is 1. The zero-order chi connectivity index (χ0) is 20.1. The predicted octanol–water partition coefficient (Wildman–Crippen LogP) is 2.85. The quantitative estimate of drug-likeness (QED) is 0.865. The SMILES string of the molecule is CC(C)(C)c1ccc(C(=O)N2CCC(C(=O)NCCn3cccn3)CC2)cc1. The maximum atomic E-state index is 12.8. The summed E-state index contributed by atoms with van der Waals surface area (Å²) in [5, 5.41) is 7.11. The summed E-state index contributed by atoms with van der Waals surface area (Å²) in [6.07, 6.45) is 5.02. The first-order valence-electron chi connectivity index (χ1n) is 9.99. The Bertz CT molecular complexity index is 783. The number of amides is 2. The van der Waals surface area contributed by atoms with Crippen LogP contribution < -0.4 is 5.32 Å². The molecule has 2 aromatic rings. The number of carbonyl (C=O) groups is 2. The Morgan fingerprint density at radius 2 is 1.82 bits per heavy atom. The van der Waals surface area contributed by atoms with E-state index < -0.39 is 0 Å². The lowest BCUT2D eigenvalue weighted by molar-refractivity contribution is -0.126. The van der Waals surface area contributed by atoms with Crippen LogP contribution in [0.1, 0.15) is 49.5 Å². The lowest BCUT2D eigenvalue weighted by atomic mass is 9.86. The van der Waals surface area contributed by atoms with Crippen LogP contribution in [0, 0.1) is 5.92 Å². The molecule has 2 amide bonds. The maximum absolute atomic E-state index is 12.8. The second kappa shape index (κ2) is 8.59. The molecule has 3 rings (SSSR count). The van der Waals surface area contributed by atoms with Gasteiger partial charge in [0.25, 0.3) is 5.91 Å². The molecule has 1 saturated heterocycles. The summed E-state index contributed by atoms with van der Waals surface area (Å²) < 4.78 is 1.80. The first kappa shape index (κ1) is 20.1. The molecule has 6 nitrogen and oxygen atoms in total. The molecule has 0 radical (unpaired) electrons. The Balaban J connectivity index is 1.46. The second-order valence-corrected chi connectivity index (χ2v) is 8.45. The molecule has 1 aromatic heterocycles. The van der Waals surface area contributed by atoms with Crippen molar-refractivity contribution in [1.82, 2.24) is 20.0 Å². The van der Waals surface area contributed by atoms with Gasteiger partial charge in [0, 0.05) is 43.5 Å². The van der Waals surface area contributed by atoms with E-state index in [4.69, 9.17) is 0 Å². The Morgan fingerprint density at radius 3 is 2.39 bits per heavy atom. The number of hydrogen-bond acceptors (Lipinski definition) is 3. The van der Waals surface area contributed by atoms with Crippen LogP contribution in [-0.4, -0.2) is 46.1 Å². The lowest BCUT2D eigenvalue weighted by Crippen LogP contribution is -2.43. The van der Waals surface area contributed by atoms with Gasteiger partial charge in [-0.15, -0.1) is 0 Å². The molecular weight excluding hydrogens is 352 g/mol. The molecule has 1 fully saturated rings. The van der Waals surface area contributed by atoms with Crippen molar-refractivity contribution in [3.8, 4) is 0 Å². The predicted molar refractivity (Wildman–Crippen MR) is 109 cm³/mol. The smallest absolute Gasteiger partial charge is 0.253 e. The van der Waals surface area contributed by atoms with Crippen molar-refractivity contribution in [2.24, 2.45) is 5.92 Å². The minimum absolute atomic E-state index is 0.0232. The van der Waals surface area contributed by atoms with Crippen LogP contribution in [0.3, 0.4) is 0 Å². The molecular formula is C22H30N4O2. The minimum Gasteiger partial charge on any atom is -0.354 e. The van der Waals surface area contributed by atoms with Gasteiger partial charge in [-0.25, -0.2) is 0 Å². The Kier molecular flexibility index (Phi) is 6.17. The minimum atomic E-state index is -0.0232. The van der Waals surface area contributed by atoms with Crippen LogP contribution in [0.4, 0.5) is 0 Å². The van der Waals surface area contributed by atoms with Crippen molar-refractivity contribution in [3.05, 3.63) is 53.9 Å². The van der Waals surface area contributed by atoms with E-state index in [9.17, 15) is 9.59 Å². The van der Waals surface area contributed by atoms with Crippen molar-refractivity contribution in [3.63, 3.8) is 0 Å². The molecule has 1 aromatic carbocycles. The highest BCUT2D eigenvalue weighted by Gasteiger charge is 2.27. The number of piperidine rings is 1.